The molecule has 292 valence electrons. The number of hydrogen-bond acceptors (Lipinski definition) is 11. The van der Waals surface area contributed by atoms with Gasteiger partial charge >= 0.3 is 41.6 Å². The van der Waals surface area contributed by atoms with Crippen molar-refractivity contribution in [2.45, 2.75) is 96.2 Å². The Bertz CT molecular complexity index is 1730. The van der Waals surface area contributed by atoms with E-state index in [1.54, 1.807) is 13.8 Å². The Hall–Kier alpha value is -4.02. The molecule has 3 saturated heterocycles. The minimum absolute atomic E-state index is 0. The predicted octanol–water partition coefficient (Wildman–Crippen LogP) is -1.01. The number of nitrogens with one attached hydrogen (secondary N) is 1. The summed E-state index contributed by atoms with van der Waals surface area (Å²) in [7, 11) is 4.74. The standard InChI is InChI=1S/C17H23NO3.C12H16N2O3.C10H12N2O4.Na/c1-18-13-7-8-14(18)10-15(9-13)21-17(20)16(11-19)12-5-3-2-4-6-12;1-12(8-6-4-3-5-7-8)9(15)13-11(17)14(2)10(12)16;1-4-5-6(13)10(2)7(14)11-9(16)12(3)8(10)15;/h2-6,13-16,19H,7-11H2,1H3;6H,3-5,7H2,1-2H3,(H,13,15,17);4-5H,1-3H3,(H,11,14,16);/q;;;+1/p-1/b;;5-4+;/t13-,14+,15?,16?;;;. The molecule has 0 radical (unpaired) electrons. The van der Waals surface area contributed by atoms with E-state index in [2.05, 4.69) is 16.9 Å². The number of aliphatic hydroxyl groups excluding tert-OH is 1. The van der Waals surface area contributed by atoms with Crippen LogP contribution in [0.4, 0.5) is 4.79 Å². The molecule has 2 bridgehead atoms. The van der Waals surface area contributed by atoms with Crippen LogP contribution in [0, 0.1) is 10.8 Å². The van der Waals surface area contributed by atoms with E-state index in [1.807, 2.05) is 41.7 Å². The Kier molecular flexibility index (Phi) is 15.9. The zero-order valence-electron chi connectivity index (χ0n) is 32.7. The molecular weight excluding hydrogens is 721 g/mol. The van der Waals surface area contributed by atoms with Crippen LogP contribution in [0.25, 0.3) is 0 Å². The topological polar surface area (TPSA) is 206 Å². The van der Waals surface area contributed by atoms with Crippen molar-refractivity contribution in [1.82, 2.24) is 20.0 Å². The van der Waals surface area contributed by atoms with Crippen LogP contribution in [0.5, 0.6) is 0 Å². The van der Waals surface area contributed by atoms with Crippen molar-refractivity contribution in [1.29, 1.82) is 0 Å². The summed E-state index contributed by atoms with van der Waals surface area (Å²) in [6.45, 7) is 4.17. The third-order valence-electron chi connectivity index (χ3n) is 11.1. The number of benzene rings is 1. The summed E-state index contributed by atoms with van der Waals surface area (Å²) in [5.41, 5.74) is -1.49. The minimum atomic E-state index is -1.85. The number of urea groups is 1. The molecular formula is C39H50N5NaO10. The molecule has 0 aromatic heterocycles. The first-order valence-electron chi connectivity index (χ1n) is 18.2. The van der Waals surface area contributed by atoms with Gasteiger partial charge in [0, 0.05) is 26.2 Å². The number of fused-ring (bicyclic) bond motifs is 2. The van der Waals surface area contributed by atoms with Crippen LogP contribution in [-0.4, -0.2) is 113 Å². The molecule has 0 spiro atoms. The van der Waals surface area contributed by atoms with Crippen molar-refractivity contribution in [3.05, 3.63) is 59.7 Å². The molecule has 6 rings (SSSR count). The fourth-order valence-corrected chi connectivity index (χ4v) is 7.43. The number of ketones is 1. The van der Waals surface area contributed by atoms with Gasteiger partial charge in [0.15, 0.2) is 11.2 Å². The maximum absolute atomic E-state index is 12.4. The van der Waals surface area contributed by atoms with Crippen LogP contribution in [0.15, 0.2) is 59.1 Å². The van der Waals surface area contributed by atoms with E-state index < -0.39 is 58.2 Å². The summed E-state index contributed by atoms with van der Waals surface area (Å²) in [5, 5.41) is 22.8. The number of aliphatic imine (C=N–C) groups is 1. The number of ether oxygens (including phenoxy) is 1. The second-order valence-corrected chi connectivity index (χ2v) is 14.5. The Balaban J connectivity index is 0.000000222. The number of hydrogen-bond donors (Lipinski definition) is 2. The predicted molar refractivity (Wildman–Crippen MR) is 194 cm³/mol. The van der Waals surface area contributed by atoms with Gasteiger partial charge in [0.1, 0.15) is 17.4 Å². The summed E-state index contributed by atoms with van der Waals surface area (Å²) in [6.07, 6.45) is 12.4. The first-order chi connectivity index (χ1) is 25.5. The van der Waals surface area contributed by atoms with Crippen LogP contribution in [0.2, 0.25) is 0 Å². The van der Waals surface area contributed by atoms with Gasteiger partial charge in [0.25, 0.3) is 17.7 Å². The molecule has 5 aliphatic rings. The molecule has 16 heteroatoms. The van der Waals surface area contributed by atoms with Crippen molar-refractivity contribution in [3.8, 4) is 0 Å². The van der Waals surface area contributed by atoms with Gasteiger partial charge in [-0.1, -0.05) is 42.5 Å². The smallest absolute Gasteiger partial charge is 0.846 e. The number of nitrogens with zero attached hydrogens (tertiary/aromatic N) is 4. The van der Waals surface area contributed by atoms with E-state index in [9.17, 15) is 43.8 Å². The summed E-state index contributed by atoms with van der Waals surface area (Å²) in [6, 6.07) is 8.88. The number of esters is 1. The second kappa shape index (κ2) is 19.2. The molecule has 1 aromatic rings. The van der Waals surface area contributed by atoms with Crippen LogP contribution in [0.1, 0.15) is 83.6 Å². The minimum Gasteiger partial charge on any atom is -0.846 e. The SMILES string of the molecule is C/C=C/C(=O)C1(C)C(=O)NC(=O)N(C)C1=O.CN1C(=O)C(C)(C2=CCCCC2)C(=O)N=C1[O-].CN1[C@@H]2CC[C@H]1CC(OC(=O)C(CO)c1ccccc1)C2.[Na+]. The third kappa shape index (κ3) is 9.51. The number of imide groups is 2. The molecule has 6 amide bonds. The first-order valence-corrected chi connectivity index (χ1v) is 18.2. The van der Waals surface area contributed by atoms with E-state index in [1.165, 1.54) is 39.9 Å². The Morgan fingerprint density at radius 3 is 2.16 bits per heavy atom. The van der Waals surface area contributed by atoms with Crippen LogP contribution in [0.3, 0.4) is 0 Å². The Labute approximate surface area is 343 Å². The van der Waals surface area contributed by atoms with Crippen LogP contribution < -0.4 is 40.0 Å². The monoisotopic (exact) mass is 771 g/mol. The molecule has 1 aliphatic carbocycles. The van der Waals surface area contributed by atoms with Gasteiger partial charge in [0.05, 0.1) is 12.6 Å². The molecule has 0 saturated carbocycles. The third-order valence-corrected chi connectivity index (χ3v) is 11.1. The van der Waals surface area contributed by atoms with Gasteiger partial charge in [-0.2, -0.15) is 0 Å². The van der Waals surface area contributed by atoms with Crippen molar-refractivity contribution < 1.29 is 78.1 Å². The molecule has 2 N–H and O–H groups in total. The average molecular weight is 772 g/mol. The molecule has 4 heterocycles. The number of amidine groups is 1. The van der Waals surface area contributed by atoms with E-state index in [-0.39, 0.29) is 48.2 Å². The van der Waals surface area contributed by atoms with Crippen molar-refractivity contribution >= 4 is 47.4 Å². The number of barbiturate groups is 1. The van der Waals surface area contributed by atoms with Crippen molar-refractivity contribution in [2.24, 2.45) is 15.8 Å². The molecule has 1 aromatic carbocycles. The summed E-state index contributed by atoms with van der Waals surface area (Å²) in [5.74, 6) is -4.29. The van der Waals surface area contributed by atoms with Gasteiger partial charge < -0.3 is 24.7 Å². The van der Waals surface area contributed by atoms with Crippen LogP contribution in [-0.2, 0) is 33.5 Å². The maximum Gasteiger partial charge on any atom is 1.00 e. The number of carbonyl (C=O) groups is 7. The molecule has 6 atom stereocenters. The van der Waals surface area contributed by atoms with Gasteiger partial charge in [-0.15, -0.1) is 0 Å². The summed E-state index contributed by atoms with van der Waals surface area (Å²) < 4.78 is 5.70. The number of piperidine rings is 1. The molecule has 15 nitrogen and oxygen atoms in total. The fraction of sp³-hybridized carbons (Fsp3) is 0.538. The zero-order valence-corrected chi connectivity index (χ0v) is 34.7. The summed E-state index contributed by atoms with van der Waals surface area (Å²) >= 11 is 0. The second-order valence-electron chi connectivity index (χ2n) is 14.5. The number of carbonyl (C=O) groups excluding carboxylic acids is 7. The largest absolute Gasteiger partial charge is 1.00 e. The summed E-state index contributed by atoms with van der Waals surface area (Å²) in [4.78, 5) is 90.1. The number of rotatable bonds is 7. The van der Waals surface area contributed by atoms with E-state index >= 15 is 0 Å². The normalized spacial score (nSPS) is 28.4. The van der Waals surface area contributed by atoms with Gasteiger partial charge in [-0.25, -0.2) is 9.79 Å². The number of allylic oxidation sites excluding steroid dienone is 3. The van der Waals surface area contributed by atoms with Crippen molar-refractivity contribution in [3.63, 3.8) is 0 Å². The molecule has 55 heavy (non-hydrogen) atoms. The van der Waals surface area contributed by atoms with Crippen molar-refractivity contribution in [2.75, 3.05) is 27.7 Å². The zero-order chi connectivity index (χ0) is 40.0. The quantitative estimate of drug-likeness (QED) is 0.113. The van der Waals surface area contributed by atoms with Gasteiger partial charge in [-0.05, 0) is 96.4 Å². The van der Waals surface area contributed by atoms with Gasteiger partial charge in [0.2, 0.25) is 5.91 Å². The molecule has 4 aliphatic heterocycles. The van der Waals surface area contributed by atoms with E-state index in [0.29, 0.717) is 12.1 Å². The Morgan fingerprint density at radius 1 is 1.00 bits per heavy atom. The Morgan fingerprint density at radius 2 is 1.62 bits per heavy atom. The molecule has 3 fully saturated rings. The first kappa shape index (κ1) is 45.4. The van der Waals surface area contributed by atoms with Crippen LogP contribution >= 0.6 is 0 Å². The maximum atomic E-state index is 12.4. The average Bonchev–Trinajstić information content (AvgIpc) is 3.35. The number of aliphatic hydroxyl groups is 1. The fourth-order valence-electron chi connectivity index (χ4n) is 7.43. The van der Waals surface area contributed by atoms with E-state index in [0.717, 1.165) is 65.5 Å². The van der Waals surface area contributed by atoms with E-state index in [4.69, 9.17) is 4.74 Å². The number of amides is 6. The molecule has 4 unspecified atom stereocenters. The van der Waals surface area contributed by atoms with Gasteiger partial charge in [-0.3, -0.25) is 39.0 Å².